The number of halogens is 1. The predicted octanol–water partition coefficient (Wildman–Crippen LogP) is 2.79. The molecule has 112 valence electrons. The van der Waals surface area contributed by atoms with Gasteiger partial charge in [0.1, 0.15) is 6.04 Å². The predicted molar refractivity (Wildman–Crippen MR) is 86.1 cm³/mol. The van der Waals surface area contributed by atoms with Crippen molar-refractivity contribution in [1.29, 1.82) is 0 Å². The second-order valence-electron chi connectivity index (χ2n) is 5.03. The minimum atomic E-state index is -0.695. The highest BCUT2D eigenvalue weighted by atomic mass is 35.5. The summed E-state index contributed by atoms with van der Waals surface area (Å²) in [6.07, 6.45) is 0.418. The molecule has 0 saturated heterocycles. The molecule has 5 nitrogen and oxygen atoms in total. The van der Waals surface area contributed by atoms with Gasteiger partial charge in [0.15, 0.2) is 0 Å². The van der Waals surface area contributed by atoms with Gasteiger partial charge >= 0.3 is 6.03 Å². The first-order valence-electron chi connectivity index (χ1n) is 6.80. The van der Waals surface area contributed by atoms with Crippen LogP contribution in [0.25, 0.3) is 0 Å². The molecule has 1 heterocycles. The maximum Gasteiger partial charge on any atom is 0.327 e. The molecule has 6 heteroatoms. The summed E-state index contributed by atoms with van der Waals surface area (Å²) in [5.41, 5.74) is 7.54. The molecule has 1 aliphatic rings. The quantitative estimate of drug-likeness (QED) is 0.894. The highest BCUT2D eigenvalue weighted by molar-refractivity contribution is 6.33. The fourth-order valence-corrected chi connectivity index (χ4v) is 2.79. The molecule has 3 rings (SSSR count). The molecule has 0 spiro atoms. The lowest BCUT2D eigenvalue weighted by atomic mass is 10.1. The van der Waals surface area contributed by atoms with Crippen LogP contribution in [-0.4, -0.2) is 18.0 Å². The van der Waals surface area contributed by atoms with Crippen molar-refractivity contribution in [3.63, 3.8) is 0 Å². The fourth-order valence-electron chi connectivity index (χ4n) is 2.60. The third-order valence-electron chi connectivity index (χ3n) is 3.64. The number of para-hydroxylation sites is 2. The van der Waals surface area contributed by atoms with E-state index < -0.39 is 18.0 Å². The molecule has 0 saturated carbocycles. The molecule has 1 atom stereocenters. The number of rotatable bonds is 2. The number of fused-ring (bicyclic) bond motifs is 1. The Hall–Kier alpha value is -2.53. The van der Waals surface area contributed by atoms with Gasteiger partial charge in [0.05, 0.1) is 10.7 Å². The van der Waals surface area contributed by atoms with Crippen LogP contribution in [0, 0.1) is 0 Å². The van der Waals surface area contributed by atoms with Crippen molar-refractivity contribution in [1.82, 2.24) is 0 Å². The molecule has 0 aromatic heterocycles. The van der Waals surface area contributed by atoms with Gasteiger partial charge in [0.25, 0.3) is 0 Å². The molecule has 0 radical (unpaired) electrons. The number of carbonyl (C=O) groups excluding carboxylic acids is 2. The fraction of sp³-hybridized carbons (Fsp3) is 0.125. The first-order valence-corrected chi connectivity index (χ1v) is 7.17. The zero-order valence-electron chi connectivity index (χ0n) is 11.6. The molecular weight excluding hydrogens is 302 g/mol. The summed E-state index contributed by atoms with van der Waals surface area (Å²) >= 11 is 6.05. The van der Waals surface area contributed by atoms with Crippen LogP contribution in [-0.2, 0) is 11.2 Å². The van der Waals surface area contributed by atoms with Crippen LogP contribution in [0.4, 0.5) is 16.2 Å². The summed E-state index contributed by atoms with van der Waals surface area (Å²) in [6, 6.07) is 13.2. The number of hydrogen-bond acceptors (Lipinski definition) is 2. The molecule has 0 bridgehead atoms. The largest absolute Gasteiger partial charge is 0.368 e. The van der Waals surface area contributed by atoms with Crippen LogP contribution in [0.2, 0.25) is 5.02 Å². The smallest absolute Gasteiger partial charge is 0.327 e. The molecule has 2 aromatic rings. The van der Waals surface area contributed by atoms with Crippen LogP contribution in [0.1, 0.15) is 5.56 Å². The van der Waals surface area contributed by atoms with Crippen molar-refractivity contribution in [2.45, 2.75) is 12.5 Å². The zero-order chi connectivity index (χ0) is 15.7. The van der Waals surface area contributed by atoms with Crippen LogP contribution < -0.4 is 16.0 Å². The van der Waals surface area contributed by atoms with Crippen molar-refractivity contribution < 1.29 is 9.59 Å². The molecule has 3 amide bonds. The normalized spacial score (nSPS) is 16.2. The van der Waals surface area contributed by atoms with E-state index in [1.165, 1.54) is 4.90 Å². The molecule has 3 N–H and O–H groups in total. The number of primary amides is 1. The van der Waals surface area contributed by atoms with E-state index in [-0.39, 0.29) is 0 Å². The van der Waals surface area contributed by atoms with E-state index in [0.29, 0.717) is 22.8 Å². The van der Waals surface area contributed by atoms with Gasteiger partial charge in [-0.2, -0.15) is 0 Å². The summed E-state index contributed by atoms with van der Waals surface area (Å²) < 4.78 is 0. The number of hydrogen-bond donors (Lipinski definition) is 2. The number of carbonyl (C=O) groups is 2. The Morgan fingerprint density at radius 2 is 1.82 bits per heavy atom. The van der Waals surface area contributed by atoms with Crippen LogP contribution >= 0.6 is 11.6 Å². The summed E-state index contributed by atoms with van der Waals surface area (Å²) in [5.74, 6) is -0.537. The van der Waals surface area contributed by atoms with Crippen LogP contribution in [0.5, 0.6) is 0 Å². The number of nitrogens with one attached hydrogen (secondary N) is 1. The Labute approximate surface area is 132 Å². The van der Waals surface area contributed by atoms with Gasteiger partial charge in [-0.1, -0.05) is 41.9 Å². The number of nitrogens with two attached hydrogens (primary N) is 1. The molecule has 0 fully saturated rings. The Morgan fingerprint density at radius 3 is 2.55 bits per heavy atom. The molecule has 1 aliphatic heterocycles. The van der Waals surface area contributed by atoms with E-state index in [1.54, 1.807) is 30.3 Å². The van der Waals surface area contributed by atoms with E-state index in [1.807, 2.05) is 18.2 Å². The van der Waals surface area contributed by atoms with E-state index in [0.717, 1.165) is 5.56 Å². The SMILES string of the molecule is NC(=O)[C@H]1Cc2ccccc2N1C(=O)Nc1ccccc1Cl. The molecule has 22 heavy (non-hydrogen) atoms. The van der Waals surface area contributed by atoms with Crippen molar-refractivity contribution >= 4 is 34.9 Å². The second-order valence-corrected chi connectivity index (χ2v) is 5.44. The van der Waals surface area contributed by atoms with Gasteiger partial charge in [-0.25, -0.2) is 4.79 Å². The van der Waals surface area contributed by atoms with Gasteiger partial charge in [0.2, 0.25) is 5.91 Å². The van der Waals surface area contributed by atoms with Crippen molar-refractivity contribution in [3.05, 3.63) is 59.1 Å². The second kappa shape index (κ2) is 5.69. The van der Waals surface area contributed by atoms with Crippen molar-refractivity contribution in [2.75, 3.05) is 10.2 Å². The topological polar surface area (TPSA) is 75.4 Å². The number of benzene rings is 2. The van der Waals surface area contributed by atoms with E-state index >= 15 is 0 Å². The first-order chi connectivity index (χ1) is 10.6. The van der Waals surface area contributed by atoms with Crippen molar-refractivity contribution in [2.24, 2.45) is 5.73 Å². The zero-order valence-corrected chi connectivity index (χ0v) is 12.4. The van der Waals surface area contributed by atoms with E-state index in [9.17, 15) is 9.59 Å². The number of anilines is 2. The standard InChI is InChI=1S/C16H14ClN3O2/c17-11-6-2-3-7-12(11)19-16(22)20-13-8-4-1-5-10(13)9-14(20)15(18)21/h1-8,14H,9H2,(H2,18,21)(H,19,22)/t14-/m1/s1. The van der Waals surface area contributed by atoms with Gasteiger partial charge in [0, 0.05) is 12.1 Å². The summed E-state index contributed by atoms with van der Waals surface area (Å²) in [5, 5.41) is 3.15. The highest BCUT2D eigenvalue weighted by Crippen LogP contribution is 2.33. The van der Waals surface area contributed by atoms with Gasteiger partial charge in [-0.15, -0.1) is 0 Å². The van der Waals surface area contributed by atoms with Gasteiger partial charge in [-0.05, 0) is 23.8 Å². The average molecular weight is 316 g/mol. The third-order valence-corrected chi connectivity index (χ3v) is 3.97. The Balaban J connectivity index is 1.92. The molecule has 0 aliphatic carbocycles. The average Bonchev–Trinajstić information content (AvgIpc) is 2.89. The Bertz CT molecular complexity index is 748. The number of urea groups is 1. The lowest BCUT2D eigenvalue weighted by Gasteiger charge is -2.23. The third kappa shape index (κ3) is 2.51. The van der Waals surface area contributed by atoms with Crippen molar-refractivity contribution in [3.8, 4) is 0 Å². The number of amides is 3. The lowest BCUT2D eigenvalue weighted by Crippen LogP contribution is -2.47. The van der Waals surface area contributed by atoms with Crippen LogP contribution in [0.15, 0.2) is 48.5 Å². The molecule has 2 aromatic carbocycles. The summed E-state index contributed by atoms with van der Waals surface area (Å²) in [6.45, 7) is 0. The lowest BCUT2D eigenvalue weighted by molar-refractivity contribution is -0.119. The highest BCUT2D eigenvalue weighted by Gasteiger charge is 2.37. The monoisotopic (exact) mass is 315 g/mol. The molecule has 0 unspecified atom stereocenters. The summed E-state index contributed by atoms with van der Waals surface area (Å²) in [4.78, 5) is 25.7. The first kappa shape index (κ1) is 14.4. The Morgan fingerprint density at radius 1 is 1.14 bits per heavy atom. The minimum absolute atomic E-state index is 0.418. The number of nitrogens with zero attached hydrogens (tertiary/aromatic N) is 1. The van der Waals surface area contributed by atoms with Crippen LogP contribution in [0.3, 0.4) is 0 Å². The summed E-state index contributed by atoms with van der Waals surface area (Å²) in [7, 11) is 0. The van der Waals surface area contributed by atoms with E-state index in [2.05, 4.69) is 5.32 Å². The maximum absolute atomic E-state index is 12.6. The minimum Gasteiger partial charge on any atom is -0.368 e. The van der Waals surface area contributed by atoms with Gasteiger partial charge in [-0.3, -0.25) is 9.69 Å². The van der Waals surface area contributed by atoms with Gasteiger partial charge < -0.3 is 11.1 Å². The maximum atomic E-state index is 12.6. The molecular formula is C16H14ClN3O2. The van der Waals surface area contributed by atoms with E-state index in [4.69, 9.17) is 17.3 Å². The Kier molecular flexibility index (Phi) is 3.73.